The van der Waals surface area contributed by atoms with Gasteiger partial charge in [0.2, 0.25) is 0 Å². The molecule has 2 atom stereocenters. The van der Waals surface area contributed by atoms with E-state index in [4.69, 9.17) is 9.05 Å². The molecule has 0 bridgehead atoms. The number of hydrogen-bond donors (Lipinski definition) is 0. The second-order valence-electron chi connectivity index (χ2n) is 7.30. The second kappa shape index (κ2) is 6.88. The molecule has 0 saturated carbocycles. The first kappa shape index (κ1) is 17.2. The van der Waals surface area contributed by atoms with Gasteiger partial charge in [-0.2, -0.15) is 0 Å². The fourth-order valence-electron chi connectivity index (χ4n) is 4.40. The quantitative estimate of drug-likeness (QED) is 0.352. The summed E-state index contributed by atoms with van der Waals surface area (Å²) in [6.07, 6.45) is 0.891. The van der Waals surface area contributed by atoms with E-state index in [0.29, 0.717) is 0 Å². The molecular weight excluding hydrogens is 357 g/mol. The number of benzene rings is 4. The average Bonchev–Trinajstić information content (AvgIpc) is 3.14. The van der Waals surface area contributed by atoms with Crippen molar-refractivity contribution < 1.29 is 13.6 Å². The van der Waals surface area contributed by atoms with Gasteiger partial charge in [0, 0.05) is 26.7 Å². The predicted molar refractivity (Wildman–Crippen MR) is 111 cm³/mol. The van der Waals surface area contributed by atoms with Crippen molar-refractivity contribution >= 4 is 40.6 Å². The van der Waals surface area contributed by atoms with E-state index in [-0.39, 0.29) is 6.10 Å². The minimum Gasteiger partial charge on any atom is -0.314 e. The highest BCUT2D eigenvalue weighted by molar-refractivity contribution is 7.33. The van der Waals surface area contributed by atoms with Crippen LogP contribution < -0.4 is 0 Å². The van der Waals surface area contributed by atoms with Crippen molar-refractivity contribution in [2.24, 2.45) is 0 Å². The van der Waals surface area contributed by atoms with E-state index < -0.39 is 8.25 Å². The molecule has 0 aliphatic carbocycles. The normalized spacial score (nSPS) is 19.5. The molecule has 0 spiro atoms. The first-order chi connectivity index (χ1) is 13.2. The van der Waals surface area contributed by atoms with Gasteiger partial charge in [-0.15, -0.1) is 0 Å². The van der Waals surface area contributed by atoms with Crippen LogP contribution in [-0.2, 0) is 20.2 Å². The smallest absolute Gasteiger partial charge is 0.314 e. The standard InChI is InChI=1S/C22H22NO3P/c1-25-27(24)26-19-11-12-23(14-19)13-18-8-7-17-6-5-15-3-2-4-16-9-10-20(18)22(17)21(15)16/h2-10,19,27H,11-14H2,1H3. The van der Waals surface area contributed by atoms with Gasteiger partial charge in [0.05, 0.1) is 6.10 Å². The van der Waals surface area contributed by atoms with Crippen molar-refractivity contribution in [2.45, 2.75) is 19.1 Å². The van der Waals surface area contributed by atoms with E-state index in [9.17, 15) is 4.57 Å². The van der Waals surface area contributed by atoms with Crippen molar-refractivity contribution in [3.63, 3.8) is 0 Å². The summed E-state index contributed by atoms with van der Waals surface area (Å²) in [5, 5.41) is 7.92. The van der Waals surface area contributed by atoms with Gasteiger partial charge >= 0.3 is 8.25 Å². The Kier molecular flexibility index (Phi) is 4.37. The van der Waals surface area contributed by atoms with Crippen LogP contribution in [0.3, 0.4) is 0 Å². The predicted octanol–water partition coefficient (Wildman–Crippen LogP) is 5.21. The Balaban J connectivity index is 1.50. The summed E-state index contributed by atoms with van der Waals surface area (Å²) in [6.45, 7) is 2.62. The molecule has 1 saturated heterocycles. The van der Waals surface area contributed by atoms with Crippen LogP contribution in [0.15, 0.2) is 54.6 Å². The van der Waals surface area contributed by atoms with E-state index in [0.717, 1.165) is 26.1 Å². The van der Waals surface area contributed by atoms with Gasteiger partial charge in [-0.3, -0.25) is 9.46 Å². The lowest BCUT2D eigenvalue weighted by Gasteiger charge is -2.19. The Labute approximate surface area is 159 Å². The fourth-order valence-corrected chi connectivity index (χ4v) is 4.96. The zero-order valence-electron chi connectivity index (χ0n) is 15.3. The number of likely N-dealkylation sites (tertiary alicyclic amines) is 1. The molecule has 2 unspecified atom stereocenters. The lowest BCUT2D eigenvalue weighted by molar-refractivity contribution is 0.176. The third-order valence-corrected chi connectivity index (χ3v) is 6.53. The van der Waals surface area contributed by atoms with Crippen LogP contribution in [-0.4, -0.2) is 31.2 Å². The highest BCUT2D eigenvalue weighted by atomic mass is 31.1. The summed E-state index contributed by atoms with van der Waals surface area (Å²) in [5.74, 6) is 0. The minimum absolute atomic E-state index is 0.00359. The fraction of sp³-hybridized carbons (Fsp3) is 0.273. The molecule has 1 fully saturated rings. The van der Waals surface area contributed by atoms with Crippen LogP contribution in [0.5, 0.6) is 0 Å². The highest BCUT2D eigenvalue weighted by Crippen LogP contribution is 2.36. The van der Waals surface area contributed by atoms with Crippen LogP contribution in [0.4, 0.5) is 0 Å². The Morgan fingerprint density at radius 1 is 1.00 bits per heavy atom. The van der Waals surface area contributed by atoms with Crippen molar-refractivity contribution in [3.8, 4) is 0 Å². The Bertz CT molecular complexity index is 1130. The summed E-state index contributed by atoms with van der Waals surface area (Å²) in [6, 6.07) is 19.9. The monoisotopic (exact) mass is 379 g/mol. The van der Waals surface area contributed by atoms with Crippen molar-refractivity contribution in [3.05, 3.63) is 60.2 Å². The zero-order valence-corrected chi connectivity index (χ0v) is 16.3. The van der Waals surface area contributed by atoms with Crippen LogP contribution in [0.25, 0.3) is 32.3 Å². The molecule has 5 heteroatoms. The van der Waals surface area contributed by atoms with Gasteiger partial charge in [0.25, 0.3) is 0 Å². The molecule has 138 valence electrons. The summed E-state index contributed by atoms with van der Waals surface area (Å²) >= 11 is 0. The van der Waals surface area contributed by atoms with Gasteiger partial charge < -0.3 is 9.05 Å². The maximum absolute atomic E-state index is 11.5. The third-order valence-electron chi connectivity index (χ3n) is 5.67. The molecule has 5 rings (SSSR count). The topological polar surface area (TPSA) is 38.8 Å². The molecule has 27 heavy (non-hydrogen) atoms. The molecule has 0 N–H and O–H groups in total. The molecule has 1 aliphatic heterocycles. The summed E-state index contributed by atoms with van der Waals surface area (Å²) in [5.41, 5.74) is 1.33. The SMILES string of the molecule is CO[PH](=O)OC1CCN(Cc2ccc3ccc4cccc5ccc2c3c45)C1. The van der Waals surface area contributed by atoms with Gasteiger partial charge in [0.1, 0.15) is 0 Å². The Morgan fingerprint density at radius 3 is 2.48 bits per heavy atom. The zero-order chi connectivity index (χ0) is 18.4. The molecule has 4 nitrogen and oxygen atoms in total. The molecule has 0 amide bonds. The maximum atomic E-state index is 11.5. The third kappa shape index (κ3) is 3.03. The number of hydrogen-bond acceptors (Lipinski definition) is 4. The van der Waals surface area contributed by atoms with Gasteiger partial charge in [-0.25, -0.2) is 0 Å². The van der Waals surface area contributed by atoms with Crippen molar-refractivity contribution in [1.29, 1.82) is 0 Å². The molecule has 4 aromatic rings. The van der Waals surface area contributed by atoms with Crippen LogP contribution in [0.2, 0.25) is 0 Å². The lowest BCUT2D eigenvalue weighted by atomic mass is 9.92. The molecule has 0 aromatic heterocycles. The van der Waals surface area contributed by atoms with Crippen molar-refractivity contribution in [2.75, 3.05) is 20.2 Å². The Morgan fingerprint density at radius 2 is 1.70 bits per heavy atom. The van der Waals surface area contributed by atoms with E-state index in [2.05, 4.69) is 59.5 Å². The molecule has 1 heterocycles. The first-order valence-electron chi connectivity index (χ1n) is 9.35. The molecular formula is C22H22NO3P. The number of nitrogens with zero attached hydrogens (tertiary/aromatic N) is 1. The van der Waals surface area contributed by atoms with Crippen LogP contribution in [0, 0.1) is 0 Å². The first-order valence-corrected chi connectivity index (χ1v) is 10.6. The lowest BCUT2D eigenvalue weighted by Crippen LogP contribution is -2.22. The summed E-state index contributed by atoms with van der Waals surface area (Å²) < 4.78 is 21.8. The van der Waals surface area contributed by atoms with Crippen LogP contribution in [0.1, 0.15) is 12.0 Å². The van der Waals surface area contributed by atoms with Crippen molar-refractivity contribution in [1.82, 2.24) is 4.90 Å². The van der Waals surface area contributed by atoms with Crippen LogP contribution >= 0.6 is 8.25 Å². The maximum Gasteiger partial charge on any atom is 0.319 e. The Hall–Kier alpha value is -1.97. The van der Waals surface area contributed by atoms with Gasteiger partial charge in [-0.05, 0) is 44.3 Å². The minimum atomic E-state index is -2.35. The summed E-state index contributed by atoms with van der Waals surface area (Å²) in [4.78, 5) is 2.38. The average molecular weight is 379 g/mol. The van der Waals surface area contributed by atoms with Gasteiger partial charge in [0.15, 0.2) is 0 Å². The van der Waals surface area contributed by atoms with Gasteiger partial charge in [-0.1, -0.05) is 54.6 Å². The largest absolute Gasteiger partial charge is 0.319 e. The summed E-state index contributed by atoms with van der Waals surface area (Å²) in [7, 11) is -0.923. The second-order valence-corrected chi connectivity index (χ2v) is 8.44. The molecule has 1 aliphatic rings. The highest BCUT2D eigenvalue weighted by Gasteiger charge is 2.25. The van der Waals surface area contributed by atoms with E-state index in [1.807, 2.05) is 0 Å². The number of rotatable bonds is 5. The van der Waals surface area contributed by atoms with E-state index in [1.54, 1.807) is 0 Å². The van der Waals surface area contributed by atoms with E-state index >= 15 is 0 Å². The molecule has 4 aromatic carbocycles. The molecule has 0 radical (unpaired) electrons. The van der Waals surface area contributed by atoms with E-state index in [1.165, 1.54) is 45.0 Å².